The zero-order valence-electron chi connectivity index (χ0n) is 28.6. The Morgan fingerprint density at radius 2 is 0.712 bits per heavy atom. The molecule has 0 saturated heterocycles. The van der Waals surface area contributed by atoms with Gasteiger partial charge in [-0.15, -0.1) is 0 Å². The molecule has 2 aliphatic heterocycles. The number of anilines is 6. The molecule has 7 aromatic rings. The molecule has 0 aromatic heterocycles. The molecule has 0 bridgehead atoms. The van der Waals surface area contributed by atoms with Crippen LogP contribution in [0.5, 0.6) is 0 Å². The van der Waals surface area contributed by atoms with Crippen molar-refractivity contribution in [3.8, 4) is 0 Å². The molecule has 2 aliphatic rings. The van der Waals surface area contributed by atoms with Gasteiger partial charge in [0.1, 0.15) is 11.2 Å². The molecule has 0 radical (unpaired) electrons. The Kier molecular flexibility index (Phi) is 8.46. The zero-order valence-corrected chi connectivity index (χ0v) is 32.9. The number of para-hydroxylation sites is 4. The molecule has 6 heteroatoms. The fourth-order valence-corrected chi connectivity index (χ4v) is 9.54. The first-order valence-corrected chi connectivity index (χ1v) is 19.4. The monoisotopic (exact) mass is 900 g/mol. The Hall–Kier alpha value is -4.48. The van der Waals surface area contributed by atoms with E-state index >= 15 is 0 Å². The Balaban J connectivity index is 1.25. The van der Waals surface area contributed by atoms with E-state index in [1.165, 1.54) is 7.14 Å². The normalized spacial score (nSPS) is 14.9. The van der Waals surface area contributed by atoms with Crippen LogP contribution in [0, 0.1) is 7.14 Å². The van der Waals surface area contributed by atoms with Gasteiger partial charge in [0.05, 0.1) is 22.7 Å². The van der Waals surface area contributed by atoms with Crippen molar-refractivity contribution in [2.75, 3.05) is 24.0 Å². The number of hydrogen-bond donors (Lipinski definition) is 0. The zero-order chi connectivity index (χ0) is 35.5. The smallest absolute Gasteiger partial charge is 0.147 e. The second kappa shape index (κ2) is 13.2. The molecule has 0 unspecified atom stereocenters. The first kappa shape index (κ1) is 33.4. The van der Waals surface area contributed by atoms with Crippen molar-refractivity contribution in [2.45, 2.75) is 11.2 Å². The van der Waals surface area contributed by atoms with Gasteiger partial charge in [0.15, 0.2) is 0 Å². The third kappa shape index (κ3) is 4.91. The van der Waals surface area contributed by atoms with Crippen LogP contribution >= 0.6 is 45.2 Å². The lowest BCUT2D eigenvalue weighted by Gasteiger charge is -2.46. The van der Waals surface area contributed by atoms with Crippen LogP contribution in [0.3, 0.4) is 0 Å². The van der Waals surface area contributed by atoms with Gasteiger partial charge in [-0.3, -0.25) is 0 Å². The maximum atomic E-state index is 6.68. The van der Waals surface area contributed by atoms with Crippen LogP contribution in [-0.4, -0.2) is 14.2 Å². The predicted molar refractivity (Wildman–Crippen MR) is 228 cm³/mol. The van der Waals surface area contributed by atoms with Crippen molar-refractivity contribution in [1.29, 1.82) is 0 Å². The highest BCUT2D eigenvalue weighted by Gasteiger charge is 2.47. The van der Waals surface area contributed by atoms with Crippen LogP contribution in [-0.2, 0) is 20.7 Å². The molecule has 0 aliphatic carbocycles. The molecule has 0 amide bonds. The fourth-order valence-electron chi connectivity index (χ4n) is 8.46. The summed E-state index contributed by atoms with van der Waals surface area (Å²) < 4.78 is 15.7. The molecule has 0 N–H and O–H groups in total. The van der Waals surface area contributed by atoms with E-state index in [9.17, 15) is 0 Å². The number of methoxy groups -OCH3 is 2. The molecule has 4 nitrogen and oxygen atoms in total. The number of nitrogens with zero attached hydrogens (tertiary/aromatic N) is 2. The minimum Gasteiger partial charge on any atom is -0.364 e. The lowest BCUT2D eigenvalue weighted by atomic mass is 9.75. The molecule has 9 rings (SSSR count). The molecular weight excluding hydrogens is 866 g/mol. The second-order valence-electron chi connectivity index (χ2n) is 13.1. The van der Waals surface area contributed by atoms with E-state index in [0.717, 1.165) is 67.5 Å². The van der Waals surface area contributed by atoms with Gasteiger partial charge in [0, 0.05) is 55.0 Å². The van der Waals surface area contributed by atoms with E-state index in [2.05, 4.69) is 225 Å². The summed E-state index contributed by atoms with van der Waals surface area (Å²) in [6.07, 6.45) is 0. The molecule has 254 valence electrons. The molecule has 7 aromatic carbocycles. The Morgan fingerprint density at radius 3 is 1.04 bits per heavy atom. The Morgan fingerprint density at radius 1 is 0.385 bits per heavy atom. The molecule has 2 heterocycles. The summed E-state index contributed by atoms with van der Waals surface area (Å²) in [7, 11) is 3.65. The Labute approximate surface area is 331 Å². The Bertz CT molecular complexity index is 2220. The predicted octanol–water partition coefficient (Wildman–Crippen LogP) is 12.3. The SMILES string of the molecule is COC1(c2cccc(I)c2)c2ccccc2N(c2cccc(N3c4ccccc4C(OC)(c4cccc(I)c4)c4ccccc43)c2)c2ccccc21. The number of hydrogen-bond acceptors (Lipinski definition) is 4. The van der Waals surface area contributed by atoms with Gasteiger partial charge in [-0.2, -0.15) is 0 Å². The lowest BCUT2D eigenvalue weighted by molar-refractivity contribution is 0.0580. The van der Waals surface area contributed by atoms with Gasteiger partial charge in [-0.25, -0.2) is 0 Å². The van der Waals surface area contributed by atoms with E-state index in [4.69, 9.17) is 9.47 Å². The summed E-state index contributed by atoms with van der Waals surface area (Å²) in [5.74, 6) is 0. The van der Waals surface area contributed by atoms with E-state index in [0.29, 0.717) is 0 Å². The quantitative estimate of drug-likeness (QED) is 0.155. The summed E-state index contributed by atoms with van der Waals surface area (Å²) in [5, 5.41) is 0. The largest absolute Gasteiger partial charge is 0.364 e. The average Bonchev–Trinajstić information content (AvgIpc) is 3.19. The van der Waals surface area contributed by atoms with Crippen molar-refractivity contribution in [1.82, 2.24) is 0 Å². The summed E-state index contributed by atoms with van der Waals surface area (Å²) in [6, 6.07) is 60.7. The van der Waals surface area contributed by atoms with Crippen LogP contribution < -0.4 is 9.80 Å². The van der Waals surface area contributed by atoms with Crippen LogP contribution in [0.1, 0.15) is 33.4 Å². The van der Waals surface area contributed by atoms with Gasteiger partial charge in [-0.1, -0.05) is 103 Å². The molecule has 0 fully saturated rings. The van der Waals surface area contributed by atoms with Crippen molar-refractivity contribution in [3.63, 3.8) is 0 Å². The molecular formula is C46H34I2N2O2. The van der Waals surface area contributed by atoms with Crippen molar-refractivity contribution in [3.05, 3.63) is 210 Å². The lowest BCUT2D eigenvalue weighted by Crippen LogP contribution is -2.38. The maximum Gasteiger partial charge on any atom is 0.147 e. The third-order valence-electron chi connectivity index (χ3n) is 10.5. The standard InChI is InChI=1S/C46H34I2N2O2/c1-51-45(31-14-11-16-33(47)28-31)37-20-3-7-24-41(37)49(42-25-8-4-21-38(42)45)35-18-13-19-36(30-35)50-43-26-9-5-22-39(43)46(52-2,32-15-12-17-34(48)29-32)40-23-6-10-27-44(40)50/h3-30H,1-2H3. The number of halogens is 2. The van der Waals surface area contributed by atoms with Gasteiger partial charge >= 0.3 is 0 Å². The third-order valence-corrected chi connectivity index (χ3v) is 11.9. The highest BCUT2D eigenvalue weighted by atomic mass is 127. The van der Waals surface area contributed by atoms with E-state index in [-0.39, 0.29) is 0 Å². The molecule has 52 heavy (non-hydrogen) atoms. The fraction of sp³-hybridized carbons (Fsp3) is 0.0870. The first-order valence-electron chi connectivity index (χ1n) is 17.2. The van der Waals surface area contributed by atoms with Gasteiger partial charge in [-0.05, 0) is 123 Å². The van der Waals surface area contributed by atoms with Gasteiger partial charge in [0.2, 0.25) is 0 Å². The minimum absolute atomic E-state index is 0.786. The van der Waals surface area contributed by atoms with Crippen LogP contribution in [0.15, 0.2) is 170 Å². The van der Waals surface area contributed by atoms with E-state index < -0.39 is 11.2 Å². The van der Waals surface area contributed by atoms with Gasteiger partial charge < -0.3 is 19.3 Å². The van der Waals surface area contributed by atoms with Crippen LogP contribution in [0.2, 0.25) is 0 Å². The highest BCUT2D eigenvalue weighted by Crippen LogP contribution is 2.58. The first-order chi connectivity index (χ1) is 25.5. The summed E-state index contributed by atoms with van der Waals surface area (Å²) in [5.41, 5.74) is 11.5. The second-order valence-corrected chi connectivity index (χ2v) is 15.5. The summed E-state index contributed by atoms with van der Waals surface area (Å²) >= 11 is 4.79. The summed E-state index contributed by atoms with van der Waals surface area (Å²) in [6.45, 7) is 0. The van der Waals surface area contributed by atoms with E-state index in [1.807, 2.05) is 14.2 Å². The number of fused-ring (bicyclic) bond motifs is 4. The number of benzene rings is 7. The van der Waals surface area contributed by atoms with Crippen molar-refractivity contribution in [2.24, 2.45) is 0 Å². The van der Waals surface area contributed by atoms with Crippen LogP contribution in [0.4, 0.5) is 34.1 Å². The highest BCUT2D eigenvalue weighted by molar-refractivity contribution is 14.1. The number of ether oxygens (including phenoxy) is 2. The van der Waals surface area contributed by atoms with Crippen LogP contribution in [0.25, 0.3) is 0 Å². The topological polar surface area (TPSA) is 24.9 Å². The van der Waals surface area contributed by atoms with Crippen molar-refractivity contribution < 1.29 is 9.47 Å². The van der Waals surface area contributed by atoms with E-state index in [1.54, 1.807) is 0 Å². The average molecular weight is 901 g/mol. The summed E-state index contributed by atoms with van der Waals surface area (Å²) in [4.78, 5) is 4.76. The maximum absolute atomic E-state index is 6.68. The minimum atomic E-state index is -0.786. The number of rotatable bonds is 6. The molecule has 0 atom stereocenters. The van der Waals surface area contributed by atoms with Gasteiger partial charge in [0.25, 0.3) is 0 Å². The molecule has 0 saturated carbocycles. The van der Waals surface area contributed by atoms with Crippen molar-refractivity contribution >= 4 is 79.3 Å². The molecule has 0 spiro atoms.